The second kappa shape index (κ2) is 11.7. The molecule has 0 fully saturated rings. The van der Waals surface area contributed by atoms with Crippen LogP contribution in [0.15, 0.2) is 17.3 Å². The number of rotatable bonds is 5. The quantitative estimate of drug-likeness (QED) is 0.216. The molecule has 0 aromatic heterocycles. The van der Waals surface area contributed by atoms with E-state index >= 15 is 0 Å². The van der Waals surface area contributed by atoms with Gasteiger partial charge in [0.15, 0.2) is 0 Å². The number of hydrogen-bond donors (Lipinski definition) is 0. The first-order chi connectivity index (χ1) is 4.41. The van der Waals surface area contributed by atoms with Crippen molar-refractivity contribution in [3.63, 3.8) is 0 Å². The van der Waals surface area contributed by atoms with E-state index in [9.17, 15) is 4.91 Å². The van der Waals surface area contributed by atoms with Crippen molar-refractivity contribution < 1.29 is 24.2 Å². The van der Waals surface area contributed by atoms with Crippen LogP contribution < -0.4 is 0 Å². The largest absolute Gasteiger partial charge is 0.409 e. The summed E-state index contributed by atoms with van der Waals surface area (Å²) in [6.45, 7) is 4.66. The first kappa shape index (κ1) is 12.6. The third-order valence-corrected chi connectivity index (χ3v) is 0.705. The molecule has 4 heteroatoms. The van der Waals surface area contributed by atoms with Crippen LogP contribution in [-0.4, -0.2) is 19.8 Å². The van der Waals surface area contributed by atoms with Crippen molar-refractivity contribution >= 4 is 0 Å². The third-order valence-electron chi connectivity index (χ3n) is 0.705. The molecule has 3 nitrogen and oxygen atoms in total. The fraction of sp³-hybridized carbons (Fsp3) is 0.500. The van der Waals surface area contributed by atoms with Crippen LogP contribution in [0.5, 0.6) is 0 Å². The Bertz CT molecular complexity index is 95.7. The van der Waals surface area contributed by atoms with E-state index in [4.69, 9.17) is 4.74 Å². The summed E-state index contributed by atoms with van der Waals surface area (Å²) in [4.78, 5) is 9.48. The molecule has 0 N–H and O–H groups in total. The topological polar surface area (TPSA) is 38.7 Å². The molecular formula is C6H10NO2Zn-. The van der Waals surface area contributed by atoms with Crippen molar-refractivity contribution in [1.29, 1.82) is 0 Å². The van der Waals surface area contributed by atoms with Gasteiger partial charge in [0.1, 0.15) is 0 Å². The van der Waals surface area contributed by atoms with E-state index in [0.717, 1.165) is 0 Å². The number of nitroso groups, excluding NO2 is 1. The predicted octanol–water partition coefficient (Wildman–Crippen LogP) is 1.16. The smallest absolute Gasteiger partial charge is 0.0993 e. The normalized spacial score (nSPS) is 9.30. The maximum atomic E-state index is 9.48. The zero-order valence-electron chi connectivity index (χ0n) is 5.95. The molecule has 0 saturated heterocycles. The second-order valence-corrected chi connectivity index (χ2v) is 1.36. The van der Waals surface area contributed by atoms with Gasteiger partial charge in [-0.05, 0) is 0 Å². The van der Waals surface area contributed by atoms with E-state index < -0.39 is 0 Å². The summed E-state index contributed by atoms with van der Waals surface area (Å²) in [5, 5.41) is 2.63. The summed E-state index contributed by atoms with van der Waals surface area (Å²) in [7, 11) is 0. The Morgan fingerprint density at radius 1 is 1.50 bits per heavy atom. The van der Waals surface area contributed by atoms with E-state index in [1.807, 2.05) is 0 Å². The summed E-state index contributed by atoms with van der Waals surface area (Å²) >= 11 is 0. The van der Waals surface area contributed by atoms with Gasteiger partial charge in [0.25, 0.3) is 0 Å². The average Bonchev–Trinajstić information content (AvgIpc) is 1.89. The van der Waals surface area contributed by atoms with Gasteiger partial charge in [0, 0.05) is 19.5 Å². The Kier molecular flexibility index (Phi) is 14.7. The Balaban J connectivity index is 0. The van der Waals surface area contributed by atoms with Crippen LogP contribution in [0.3, 0.4) is 0 Å². The first-order valence-electron chi connectivity index (χ1n) is 2.73. The second-order valence-electron chi connectivity index (χ2n) is 1.36. The minimum absolute atomic E-state index is 0. The molecule has 0 bridgehead atoms. The molecule has 10 heavy (non-hydrogen) atoms. The molecule has 0 rings (SSSR count). The minimum atomic E-state index is 0. The van der Waals surface area contributed by atoms with E-state index in [2.05, 4.69) is 12.1 Å². The predicted molar refractivity (Wildman–Crippen MR) is 36.0 cm³/mol. The third kappa shape index (κ3) is 10.8. The van der Waals surface area contributed by atoms with Crippen LogP contribution in [0.2, 0.25) is 0 Å². The van der Waals surface area contributed by atoms with Crippen molar-refractivity contribution in [1.82, 2.24) is 0 Å². The van der Waals surface area contributed by atoms with Gasteiger partial charge in [-0.25, -0.2) is 0 Å². The first-order valence-corrected chi connectivity index (χ1v) is 2.73. The van der Waals surface area contributed by atoms with Crippen LogP contribution in [-0.2, 0) is 24.2 Å². The summed E-state index contributed by atoms with van der Waals surface area (Å²) in [5.74, 6) is 0. The molecule has 54 valence electrons. The standard InChI is InChI=1S/C6H10NO2.Zn/c1-2-9-6-4-3-5-7-8;/h3-4H,1-2,5-6H2;/q-1;/b4-3-;. The zero-order valence-corrected chi connectivity index (χ0v) is 8.92. The van der Waals surface area contributed by atoms with Crippen molar-refractivity contribution in [2.45, 2.75) is 0 Å². The fourth-order valence-corrected chi connectivity index (χ4v) is 0.337. The van der Waals surface area contributed by atoms with Gasteiger partial charge in [0.05, 0.1) is 13.2 Å². The molecule has 0 aliphatic rings. The Hall–Kier alpha value is -0.0766. The van der Waals surface area contributed by atoms with Gasteiger partial charge < -0.3 is 11.7 Å². The molecule has 0 heterocycles. The van der Waals surface area contributed by atoms with E-state index in [1.165, 1.54) is 0 Å². The van der Waals surface area contributed by atoms with Crippen molar-refractivity contribution in [3.8, 4) is 0 Å². The molecule has 0 amide bonds. The molecule has 0 radical (unpaired) electrons. The number of ether oxygens (including phenoxy) is 1. The molecule has 0 unspecified atom stereocenters. The van der Waals surface area contributed by atoms with Crippen LogP contribution in [0.25, 0.3) is 0 Å². The van der Waals surface area contributed by atoms with Gasteiger partial charge in [0.2, 0.25) is 0 Å². The molecule has 0 spiro atoms. The number of nitrogens with zero attached hydrogens (tertiary/aromatic N) is 1. The fourth-order valence-electron chi connectivity index (χ4n) is 0.337. The van der Waals surface area contributed by atoms with Gasteiger partial charge in [-0.3, -0.25) is 0 Å². The van der Waals surface area contributed by atoms with Gasteiger partial charge >= 0.3 is 0 Å². The molecule has 0 aromatic rings. The summed E-state index contributed by atoms with van der Waals surface area (Å²) < 4.78 is 4.84. The zero-order chi connectivity index (χ0) is 6.95. The van der Waals surface area contributed by atoms with Gasteiger partial charge in [-0.15, -0.1) is 0 Å². The van der Waals surface area contributed by atoms with Crippen molar-refractivity contribution in [2.24, 2.45) is 5.18 Å². The van der Waals surface area contributed by atoms with Crippen LogP contribution >= 0.6 is 0 Å². The Morgan fingerprint density at radius 2 is 2.20 bits per heavy atom. The summed E-state index contributed by atoms with van der Waals surface area (Å²) in [6.07, 6.45) is 3.40. The maximum Gasteiger partial charge on any atom is 0.0993 e. The molecular weight excluding hydrogens is 183 g/mol. The van der Waals surface area contributed by atoms with E-state index in [1.54, 1.807) is 12.2 Å². The summed E-state index contributed by atoms with van der Waals surface area (Å²) in [6, 6.07) is 0. The van der Waals surface area contributed by atoms with Gasteiger partial charge in [-0.2, -0.15) is 4.91 Å². The monoisotopic (exact) mass is 192 g/mol. The number of hydrogen-bond acceptors (Lipinski definition) is 3. The molecule has 0 aliphatic carbocycles. The van der Waals surface area contributed by atoms with E-state index in [0.29, 0.717) is 13.2 Å². The molecule has 0 atom stereocenters. The minimum Gasteiger partial charge on any atom is -0.409 e. The van der Waals surface area contributed by atoms with Crippen LogP contribution in [0.4, 0.5) is 0 Å². The van der Waals surface area contributed by atoms with Crippen molar-refractivity contribution in [3.05, 3.63) is 24.0 Å². The van der Waals surface area contributed by atoms with Crippen LogP contribution in [0, 0.1) is 11.8 Å². The summed E-state index contributed by atoms with van der Waals surface area (Å²) in [5.41, 5.74) is 0. The molecule has 0 saturated carbocycles. The Labute approximate surface area is 73.6 Å². The SMILES string of the molecule is [CH2-]COC/C=C\CN=O.[Zn]. The van der Waals surface area contributed by atoms with Gasteiger partial charge in [-0.1, -0.05) is 23.9 Å². The van der Waals surface area contributed by atoms with Crippen molar-refractivity contribution in [2.75, 3.05) is 19.8 Å². The Morgan fingerprint density at radius 3 is 2.70 bits per heavy atom. The average molecular weight is 194 g/mol. The maximum absolute atomic E-state index is 9.48. The molecule has 0 aliphatic heterocycles. The van der Waals surface area contributed by atoms with E-state index in [-0.39, 0.29) is 26.0 Å². The molecule has 0 aromatic carbocycles. The van der Waals surface area contributed by atoms with Crippen LogP contribution in [0.1, 0.15) is 0 Å².